The highest BCUT2D eigenvalue weighted by molar-refractivity contribution is 4.91. The Kier molecular flexibility index (Phi) is 4.25. The fourth-order valence-electron chi connectivity index (χ4n) is 2.03. The minimum Gasteiger partial charge on any atom is -0.330 e. The highest BCUT2D eigenvalue weighted by atomic mass is 15.2. The molecule has 2 rings (SSSR count). The van der Waals surface area contributed by atoms with Crippen molar-refractivity contribution in [2.75, 3.05) is 13.1 Å². The van der Waals surface area contributed by atoms with Crippen LogP contribution in [0.1, 0.15) is 31.5 Å². The van der Waals surface area contributed by atoms with Gasteiger partial charge in [0.05, 0.1) is 6.54 Å². The first-order valence-electron chi connectivity index (χ1n) is 6.10. The van der Waals surface area contributed by atoms with Gasteiger partial charge in [0.2, 0.25) is 0 Å². The van der Waals surface area contributed by atoms with Crippen molar-refractivity contribution in [3.63, 3.8) is 0 Å². The van der Waals surface area contributed by atoms with Gasteiger partial charge in [-0.05, 0) is 31.9 Å². The van der Waals surface area contributed by atoms with Gasteiger partial charge in [-0.3, -0.25) is 4.90 Å². The van der Waals surface area contributed by atoms with E-state index in [4.69, 9.17) is 5.73 Å². The van der Waals surface area contributed by atoms with Crippen molar-refractivity contribution in [3.8, 4) is 0 Å². The lowest BCUT2D eigenvalue weighted by Crippen LogP contribution is -2.41. The third kappa shape index (κ3) is 3.00. The molecular formula is C12H20N4. The van der Waals surface area contributed by atoms with Crippen LogP contribution in [0.5, 0.6) is 0 Å². The molecule has 0 saturated heterocycles. The Bertz CT molecular complexity index is 297. The van der Waals surface area contributed by atoms with Crippen molar-refractivity contribution >= 4 is 0 Å². The molecule has 1 aromatic heterocycles. The molecule has 0 bridgehead atoms. The summed E-state index contributed by atoms with van der Waals surface area (Å²) in [5.74, 6) is 0.923. The van der Waals surface area contributed by atoms with E-state index in [2.05, 4.69) is 14.9 Å². The Hall–Kier alpha value is -1.00. The van der Waals surface area contributed by atoms with Gasteiger partial charge >= 0.3 is 0 Å². The molecule has 1 aliphatic rings. The summed E-state index contributed by atoms with van der Waals surface area (Å²) < 4.78 is 0. The van der Waals surface area contributed by atoms with Crippen molar-refractivity contribution in [1.29, 1.82) is 0 Å². The first-order chi connectivity index (χ1) is 7.90. The molecule has 0 atom stereocenters. The van der Waals surface area contributed by atoms with Gasteiger partial charge in [-0.25, -0.2) is 9.97 Å². The van der Waals surface area contributed by atoms with E-state index in [0.717, 1.165) is 37.9 Å². The maximum Gasteiger partial charge on any atom is 0.142 e. The Morgan fingerprint density at radius 1 is 1.31 bits per heavy atom. The van der Waals surface area contributed by atoms with Crippen LogP contribution in [0.2, 0.25) is 0 Å². The zero-order chi connectivity index (χ0) is 11.2. The van der Waals surface area contributed by atoms with E-state index in [1.807, 2.05) is 18.5 Å². The van der Waals surface area contributed by atoms with Gasteiger partial charge in [-0.2, -0.15) is 0 Å². The van der Waals surface area contributed by atoms with E-state index < -0.39 is 0 Å². The monoisotopic (exact) mass is 220 g/mol. The molecule has 0 radical (unpaired) electrons. The molecule has 1 aliphatic carbocycles. The molecule has 1 saturated carbocycles. The Morgan fingerprint density at radius 2 is 2.06 bits per heavy atom. The molecule has 4 nitrogen and oxygen atoms in total. The van der Waals surface area contributed by atoms with Crippen LogP contribution in [0.3, 0.4) is 0 Å². The van der Waals surface area contributed by atoms with Crippen molar-refractivity contribution < 1.29 is 0 Å². The van der Waals surface area contributed by atoms with Crippen LogP contribution in [-0.4, -0.2) is 34.0 Å². The van der Waals surface area contributed by atoms with Gasteiger partial charge in [0, 0.05) is 25.0 Å². The first-order valence-corrected chi connectivity index (χ1v) is 6.10. The normalized spacial score (nSPS) is 16.4. The SMILES string of the molecule is NCCCN(Cc1ncccn1)C1CCC1. The van der Waals surface area contributed by atoms with E-state index in [9.17, 15) is 0 Å². The van der Waals surface area contributed by atoms with Gasteiger partial charge in [-0.1, -0.05) is 6.42 Å². The predicted octanol–water partition coefficient (Wildman–Crippen LogP) is 1.18. The Labute approximate surface area is 96.9 Å². The van der Waals surface area contributed by atoms with E-state index in [1.165, 1.54) is 19.3 Å². The summed E-state index contributed by atoms with van der Waals surface area (Å²) >= 11 is 0. The van der Waals surface area contributed by atoms with Crippen LogP contribution in [0.15, 0.2) is 18.5 Å². The third-order valence-electron chi connectivity index (χ3n) is 3.20. The predicted molar refractivity (Wildman–Crippen MR) is 63.8 cm³/mol. The summed E-state index contributed by atoms with van der Waals surface area (Å²) in [7, 11) is 0. The van der Waals surface area contributed by atoms with Gasteiger partial charge in [0.15, 0.2) is 0 Å². The molecule has 0 spiro atoms. The van der Waals surface area contributed by atoms with Crippen LogP contribution in [0.25, 0.3) is 0 Å². The van der Waals surface area contributed by atoms with Gasteiger partial charge in [0.25, 0.3) is 0 Å². The fraction of sp³-hybridized carbons (Fsp3) is 0.667. The third-order valence-corrected chi connectivity index (χ3v) is 3.20. The number of rotatable bonds is 6. The lowest BCUT2D eigenvalue weighted by molar-refractivity contribution is 0.115. The number of hydrogen-bond donors (Lipinski definition) is 1. The van der Waals surface area contributed by atoms with Gasteiger partial charge in [0.1, 0.15) is 5.82 Å². The highest BCUT2D eigenvalue weighted by Crippen LogP contribution is 2.25. The molecule has 0 unspecified atom stereocenters. The summed E-state index contributed by atoms with van der Waals surface area (Å²) in [5.41, 5.74) is 5.57. The molecule has 0 aromatic carbocycles. The molecular weight excluding hydrogens is 200 g/mol. The lowest BCUT2D eigenvalue weighted by Gasteiger charge is -2.37. The second kappa shape index (κ2) is 5.92. The summed E-state index contributed by atoms with van der Waals surface area (Å²) in [6.07, 6.45) is 8.67. The van der Waals surface area contributed by atoms with Crippen molar-refractivity contribution in [2.45, 2.75) is 38.3 Å². The van der Waals surface area contributed by atoms with Crippen LogP contribution < -0.4 is 5.73 Å². The molecule has 1 fully saturated rings. The molecule has 1 aromatic rings. The van der Waals surface area contributed by atoms with Gasteiger partial charge in [-0.15, -0.1) is 0 Å². The zero-order valence-electron chi connectivity index (χ0n) is 9.68. The molecule has 2 N–H and O–H groups in total. The fourth-order valence-corrected chi connectivity index (χ4v) is 2.03. The number of nitrogens with zero attached hydrogens (tertiary/aromatic N) is 3. The van der Waals surface area contributed by atoms with E-state index >= 15 is 0 Å². The van der Waals surface area contributed by atoms with Crippen LogP contribution >= 0.6 is 0 Å². The van der Waals surface area contributed by atoms with Crippen LogP contribution in [-0.2, 0) is 6.54 Å². The van der Waals surface area contributed by atoms with E-state index in [-0.39, 0.29) is 0 Å². The molecule has 4 heteroatoms. The summed E-state index contributed by atoms with van der Waals surface area (Å²) in [4.78, 5) is 11.0. The summed E-state index contributed by atoms with van der Waals surface area (Å²) in [5, 5.41) is 0. The standard InChI is InChI=1S/C12H20N4/c13-6-2-9-16(11-4-1-5-11)10-12-14-7-3-8-15-12/h3,7-8,11H,1-2,4-6,9-10,13H2. The minimum absolute atomic E-state index is 0.732. The molecule has 1 heterocycles. The maximum atomic E-state index is 5.57. The van der Waals surface area contributed by atoms with E-state index in [0.29, 0.717) is 0 Å². The van der Waals surface area contributed by atoms with Gasteiger partial charge < -0.3 is 5.73 Å². The maximum absolute atomic E-state index is 5.57. The second-order valence-electron chi connectivity index (χ2n) is 4.36. The minimum atomic E-state index is 0.732. The molecule has 16 heavy (non-hydrogen) atoms. The molecule has 0 aliphatic heterocycles. The van der Waals surface area contributed by atoms with Crippen molar-refractivity contribution in [1.82, 2.24) is 14.9 Å². The quantitative estimate of drug-likeness (QED) is 0.782. The lowest BCUT2D eigenvalue weighted by atomic mass is 9.91. The number of aromatic nitrogens is 2. The molecule has 88 valence electrons. The zero-order valence-corrected chi connectivity index (χ0v) is 9.68. The number of hydrogen-bond acceptors (Lipinski definition) is 4. The topological polar surface area (TPSA) is 55.0 Å². The van der Waals surface area contributed by atoms with Crippen molar-refractivity contribution in [2.24, 2.45) is 5.73 Å². The van der Waals surface area contributed by atoms with E-state index in [1.54, 1.807) is 0 Å². The second-order valence-corrected chi connectivity index (χ2v) is 4.36. The average molecular weight is 220 g/mol. The average Bonchev–Trinajstić information content (AvgIpc) is 2.25. The smallest absolute Gasteiger partial charge is 0.142 e. The number of nitrogens with two attached hydrogens (primary N) is 1. The van der Waals surface area contributed by atoms with Crippen LogP contribution in [0.4, 0.5) is 0 Å². The highest BCUT2D eigenvalue weighted by Gasteiger charge is 2.24. The Balaban J connectivity index is 1.90. The Morgan fingerprint density at radius 3 is 2.62 bits per heavy atom. The summed E-state index contributed by atoms with van der Waals surface area (Å²) in [6.45, 7) is 2.70. The van der Waals surface area contributed by atoms with Crippen molar-refractivity contribution in [3.05, 3.63) is 24.3 Å². The van der Waals surface area contributed by atoms with Crippen LogP contribution in [0, 0.1) is 0 Å². The largest absolute Gasteiger partial charge is 0.330 e. The first kappa shape index (κ1) is 11.5. The summed E-state index contributed by atoms with van der Waals surface area (Å²) in [6, 6.07) is 2.59. The molecule has 0 amide bonds.